The average Bonchev–Trinajstić information content (AvgIpc) is 1.84. The fourth-order valence-corrected chi connectivity index (χ4v) is 1.06. The van der Waals surface area contributed by atoms with Crippen molar-refractivity contribution in [3.05, 3.63) is 27.7 Å². The Bertz CT molecular complexity index is 208. The summed E-state index contributed by atoms with van der Waals surface area (Å²) in [5.41, 5.74) is 1.52. The van der Waals surface area contributed by atoms with E-state index in [-0.39, 0.29) is 0 Å². The van der Waals surface area contributed by atoms with Gasteiger partial charge in [-0.25, -0.2) is 0 Å². The van der Waals surface area contributed by atoms with Gasteiger partial charge in [-0.2, -0.15) is 0 Å². The van der Waals surface area contributed by atoms with Gasteiger partial charge in [-0.1, -0.05) is 34.7 Å². The molecule has 10 heavy (non-hydrogen) atoms. The van der Waals surface area contributed by atoms with Crippen LogP contribution in [-0.2, 0) is 0 Å². The molecule has 0 fully saturated rings. The maximum atomic E-state index is 5.75. The maximum absolute atomic E-state index is 5.75. The molecule has 0 bridgehead atoms. The predicted molar refractivity (Wildman–Crippen MR) is 46.6 cm³/mol. The standard InChI is InChI=1S/C7H5BCl2/c1-4-2-5(8)7(10)3-6(4)9/h2-3H,1H3. The van der Waals surface area contributed by atoms with E-state index in [1.165, 1.54) is 0 Å². The Morgan fingerprint density at radius 3 is 2.30 bits per heavy atom. The lowest BCUT2D eigenvalue weighted by molar-refractivity contribution is 1.49. The van der Waals surface area contributed by atoms with E-state index in [1.807, 2.05) is 6.92 Å². The molecule has 2 radical (unpaired) electrons. The third kappa shape index (κ3) is 1.47. The van der Waals surface area contributed by atoms with E-state index in [4.69, 9.17) is 31.0 Å². The topological polar surface area (TPSA) is 0 Å². The van der Waals surface area contributed by atoms with Crippen LogP contribution in [0, 0.1) is 6.92 Å². The van der Waals surface area contributed by atoms with Gasteiger partial charge < -0.3 is 0 Å². The van der Waals surface area contributed by atoms with Crippen LogP contribution >= 0.6 is 23.2 Å². The first-order chi connectivity index (χ1) is 4.61. The molecule has 0 aromatic heterocycles. The number of aryl methyl sites for hydroxylation is 1. The Morgan fingerprint density at radius 1 is 1.20 bits per heavy atom. The highest BCUT2D eigenvalue weighted by Gasteiger charge is 1.98. The van der Waals surface area contributed by atoms with Gasteiger partial charge in [0.05, 0.1) is 0 Å². The number of rotatable bonds is 0. The lowest BCUT2D eigenvalue weighted by Gasteiger charge is -2.01. The minimum absolute atomic E-state index is 0.510. The Labute approximate surface area is 71.6 Å². The second-order valence-electron chi connectivity index (χ2n) is 2.12. The highest BCUT2D eigenvalue weighted by atomic mass is 35.5. The van der Waals surface area contributed by atoms with Gasteiger partial charge in [0.15, 0.2) is 0 Å². The van der Waals surface area contributed by atoms with Gasteiger partial charge >= 0.3 is 0 Å². The van der Waals surface area contributed by atoms with Crippen LogP contribution in [0.3, 0.4) is 0 Å². The van der Waals surface area contributed by atoms with Gasteiger partial charge in [-0.3, -0.25) is 0 Å². The fourth-order valence-electron chi connectivity index (χ4n) is 0.680. The molecule has 0 spiro atoms. The third-order valence-corrected chi connectivity index (χ3v) is 2.01. The summed E-state index contributed by atoms with van der Waals surface area (Å²) in [4.78, 5) is 0. The van der Waals surface area contributed by atoms with Crippen LogP contribution in [0.5, 0.6) is 0 Å². The van der Waals surface area contributed by atoms with Crippen LogP contribution in [0.4, 0.5) is 0 Å². The molecule has 0 saturated heterocycles. The van der Waals surface area contributed by atoms with Crippen LogP contribution in [0.25, 0.3) is 0 Å². The molecule has 50 valence electrons. The van der Waals surface area contributed by atoms with E-state index < -0.39 is 0 Å². The summed E-state index contributed by atoms with van der Waals surface area (Å²) in [6.07, 6.45) is 0. The first-order valence-electron chi connectivity index (χ1n) is 2.82. The predicted octanol–water partition coefficient (Wildman–Crippen LogP) is 2.10. The van der Waals surface area contributed by atoms with E-state index in [9.17, 15) is 0 Å². The monoisotopic (exact) mass is 170 g/mol. The van der Waals surface area contributed by atoms with Crippen molar-refractivity contribution in [1.82, 2.24) is 0 Å². The highest BCUT2D eigenvalue weighted by Crippen LogP contribution is 2.17. The molecule has 0 N–H and O–H groups in total. The zero-order valence-corrected chi connectivity index (χ0v) is 7.00. The quantitative estimate of drug-likeness (QED) is 0.524. The number of benzene rings is 1. The molecule has 1 aromatic rings. The van der Waals surface area contributed by atoms with Crippen molar-refractivity contribution >= 4 is 36.5 Å². The zero-order valence-electron chi connectivity index (χ0n) is 5.49. The molecule has 0 amide bonds. The van der Waals surface area contributed by atoms with E-state index >= 15 is 0 Å². The van der Waals surface area contributed by atoms with Gasteiger partial charge in [-0.05, 0) is 18.6 Å². The van der Waals surface area contributed by atoms with Crippen molar-refractivity contribution in [1.29, 1.82) is 0 Å². The Balaban J connectivity index is 3.28. The van der Waals surface area contributed by atoms with Crippen LogP contribution < -0.4 is 5.46 Å². The molecule has 1 aromatic carbocycles. The van der Waals surface area contributed by atoms with E-state index in [1.54, 1.807) is 12.1 Å². The van der Waals surface area contributed by atoms with Crippen molar-refractivity contribution in [2.75, 3.05) is 0 Å². The van der Waals surface area contributed by atoms with Crippen molar-refractivity contribution in [3.8, 4) is 0 Å². The molecule has 0 atom stereocenters. The minimum atomic E-state index is 0.510. The Kier molecular flexibility index (Phi) is 2.27. The number of hydrogen-bond acceptors (Lipinski definition) is 0. The molecule has 3 heteroatoms. The SMILES string of the molecule is [B]c1cc(C)c(Cl)cc1Cl. The molecular formula is C7H5BCl2. The summed E-state index contributed by atoms with van der Waals surface area (Å²) in [5.74, 6) is 0. The summed E-state index contributed by atoms with van der Waals surface area (Å²) in [5, 5.41) is 1.16. The average molecular weight is 171 g/mol. The molecule has 0 saturated carbocycles. The highest BCUT2D eigenvalue weighted by molar-refractivity contribution is 6.46. The first-order valence-corrected chi connectivity index (χ1v) is 3.58. The van der Waals surface area contributed by atoms with Gasteiger partial charge in [0, 0.05) is 10.0 Å². The van der Waals surface area contributed by atoms with Crippen LogP contribution in [0.1, 0.15) is 5.56 Å². The summed E-state index contributed by atoms with van der Waals surface area (Å²) in [6, 6.07) is 3.40. The normalized spacial score (nSPS) is 9.90. The van der Waals surface area contributed by atoms with Gasteiger partial charge in [0.25, 0.3) is 0 Å². The second-order valence-corrected chi connectivity index (χ2v) is 2.94. The van der Waals surface area contributed by atoms with E-state index in [0.717, 1.165) is 5.56 Å². The minimum Gasteiger partial charge on any atom is -0.0849 e. The van der Waals surface area contributed by atoms with E-state index in [0.29, 0.717) is 15.5 Å². The van der Waals surface area contributed by atoms with Crippen LogP contribution in [-0.4, -0.2) is 7.85 Å². The van der Waals surface area contributed by atoms with Crippen molar-refractivity contribution in [2.24, 2.45) is 0 Å². The van der Waals surface area contributed by atoms with Gasteiger partial charge in [-0.15, -0.1) is 0 Å². The van der Waals surface area contributed by atoms with Crippen molar-refractivity contribution in [3.63, 3.8) is 0 Å². The molecule has 0 nitrogen and oxygen atoms in total. The lowest BCUT2D eigenvalue weighted by Crippen LogP contribution is -2.03. The summed E-state index contributed by atoms with van der Waals surface area (Å²) in [6.45, 7) is 1.88. The van der Waals surface area contributed by atoms with Crippen molar-refractivity contribution < 1.29 is 0 Å². The molecule has 0 aliphatic heterocycles. The first kappa shape index (κ1) is 7.97. The number of halogens is 2. The molecule has 0 aliphatic carbocycles. The molecule has 0 heterocycles. The lowest BCUT2D eigenvalue weighted by atomic mass is 9.95. The molecule has 0 unspecified atom stereocenters. The third-order valence-electron chi connectivity index (χ3n) is 1.28. The molecule has 0 aliphatic rings. The largest absolute Gasteiger partial charge is 0.115 e. The van der Waals surface area contributed by atoms with Crippen LogP contribution in [0.2, 0.25) is 10.0 Å². The van der Waals surface area contributed by atoms with Crippen molar-refractivity contribution in [2.45, 2.75) is 6.92 Å². The van der Waals surface area contributed by atoms with E-state index in [2.05, 4.69) is 0 Å². The molecule has 1 rings (SSSR count). The van der Waals surface area contributed by atoms with Crippen LogP contribution in [0.15, 0.2) is 12.1 Å². The smallest absolute Gasteiger partial charge is 0.0849 e. The number of hydrogen-bond donors (Lipinski definition) is 0. The summed E-state index contributed by atoms with van der Waals surface area (Å²) in [7, 11) is 5.50. The summed E-state index contributed by atoms with van der Waals surface area (Å²) >= 11 is 11.4. The maximum Gasteiger partial charge on any atom is 0.115 e. The summed E-state index contributed by atoms with van der Waals surface area (Å²) < 4.78 is 0. The van der Waals surface area contributed by atoms with Gasteiger partial charge in [0.2, 0.25) is 0 Å². The molecular weight excluding hydrogens is 166 g/mol. The Morgan fingerprint density at radius 2 is 1.80 bits per heavy atom. The Hall–Kier alpha value is -0.135. The zero-order chi connectivity index (χ0) is 7.72. The van der Waals surface area contributed by atoms with Gasteiger partial charge in [0.1, 0.15) is 7.85 Å². The fraction of sp³-hybridized carbons (Fsp3) is 0.143. The second kappa shape index (κ2) is 2.85.